The fourth-order valence-electron chi connectivity index (χ4n) is 3.32. The Hall–Kier alpha value is -2.57. The summed E-state index contributed by atoms with van der Waals surface area (Å²) in [6.07, 6.45) is 6.26. The molecule has 0 aliphatic heterocycles. The molecule has 7 nitrogen and oxygen atoms in total. The smallest absolute Gasteiger partial charge is 0.257 e. The van der Waals surface area contributed by atoms with Gasteiger partial charge in [0, 0.05) is 12.1 Å². The van der Waals surface area contributed by atoms with Crippen LogP contribution >= 0.6 is 0 Å². The average Bonchev–Trinajstić information content (AvgIpc) is 2.65. The number of hydrogen-bond acceptors (Lipinski definition) is 4. The lowest BCUT2D eigenvalue weighted by molar-refractivity contribution is -0.129. The molecule has 0 aromatic heterocycles. The number of carbonyl (C=O) groups is 3. The molecule has 1 aromatic carbocycles. The van der Waals surface area contributed by atoms with Crippen LogP contribution in [0.1, 0.15) is 49.7 Å². The molecule has 27 heavy (non-hydrogen) atoms. The minimum Gasteiger partial charge on any atom is -0.376 e. The summed E-state index contributed by atoms with van der Waals surface area (Å²) in [7, 11) is 0. The van der Waals surface area contributed by atoms with Crippen molar-refractivity contribution in [3.8, 4) is 0 Å². The molecule has 0 saturated heterocycles. The van der Waals surface area contributed by atoms with Crippen molar-refractivity contribution in [1.29, 1.82) is 0 Å². The molecule has 1 aromatic rings. The second kappa shape index (κ2) is 10.5. The highest BCUT2D eigenvalue weighted by Gasteiger charge is 2.17. The van der Waals surface area contributed by atoms with E-state index in [9.17, 15) is 14.4 Å². The molecule has 0 unspecified atom stereocenters. The van der Waals surface area contributed by atoms with Gasteiger partial charge in [0.25, 0.3) is 11.8 Å². The fourth-order valence-corrected chi connectivity index (χ4v) is 3.32. The van der Waals surface area contributed by atoms with Crippen molar-refractivity contribution in [2.45, 2.75) is 52.4 Å². The summed E-state index contributed by atoms with van der Waals surface area (Å²) in [6.45, 7) is 3.87. The van der Waals surface area contributed by atoms with Gasteiger partial charge in [0.15, 0.2) is 0 Å². The Balaban J connectivity index is 1.60. The van der Waals surface area contributed by atoms with Crippen molar-refractivity contribution in [2.24, 2.45) is 5.92 Å². The molecule has 0 heterocycles. The molecule has 7 heteroatoms. The van der Waals surface area contributed by atoms with Gasteiger partial charge >= 0.3 is 0 Å². The van der Waals surface area contributed by atoms with Crippen molar-refractivity contribution < 1.29 is 14.4 Å². The van der Waals surface area contributed by atoms with Crippen LogP contribution in [0.5, 0.6) is 0 Å². The minimum atomic E-state index is -0.452. The second-order valence-corrected chi connectivity index (χ2v) is 7.25. The quantitative estimate of drug-likeness (QED) is 0.548. The Labute approximate surface area is 160 Å². The molecule has 2 rings (SSSR count). The maximum absolute atomic E-state index is 11.9. The monoisotopic (exact) mass is 374 g/mol. The van der Waals surface area contributed by atoms with Gasteiger partial charge < -0.3 is 10.6 Å². The lowest BCUT2D eigenvalue weighted by atomic mass is 9.87. The van der Waals surface area contributed by atoms with Crippen molar-refractivity contribution in [3.05, 3.63) is 29.3 Å². The van der Waals surface area contributed by atoms with Gasteiger partial charge in [-0.1, -0.05) is 37.0 Å². The van der Waals surface area contributed by atoms with Crippen LogP contribution in [0.4, 0.5) is 5.69 Å². The maximum Gasteiger partial charge on any atom is 0.257 e. The van der Waals surface area contributed by atoms with Gasteiger partial charge in [0.05, 0.1) is 13.1 Å². The van der Waals surface area contributed by atoms with Gasteiger partial charge in [-0.3, -0.25) is 25.2 Å². The van der Waals surface area contributed by atoms with Crippen molar-refractivity contribution in [2.75, 3.05) is 18.4 Å². The molecular weight excluding hydrogens is 344 g/mol. The fraction of sp³-hybridized carbons (Fsp3) is 0.550. The zero-order valence-electron chi connectivity index (χ0n) is 16.2. The molecule has 1 aliphatic rings. The van der Waals surface area contributed by atoms with Gasteiger partial charge in [0.1, 0.15) is 0 Å². The maximum atomic E-state index is 11.9. The van der Waals surface area contributed by atoms with Crippen molar-refractivity contribution >= 4 is 23.4 Å². The van der Waals surface area contributed by atoms with Crippen LogP contribution < -0.4 is 21.5 Å². The molecule has 1 saturated carbocycles. The molecule has 1 aliphatic carbocycles. The number of aryl methyl sites for hydroxylation is 2. The van der Waals surface area contributed by atoms with Gasteiger partial charge in [-0.2, -0.15) is 0 Å². The predicted molar refractivity (Wildman–Crippen MR) is 105 cm³/mol. The molecular formula is C20H30N4O3. The van der Waals surface area contributed by atoms with Gasteiger partial charge in [-0.25, -0.2) is 0 Å². The Kier molecular flexibility index (Phi) is 8.10. The number of carbonyl (C=O) groups excluding carboxylic acids is 3. The van der Waals surface area contributed by atoms with E-state index in [1.54, 1.807) is 0 Å². The summed E-state index contributed by atoms with van der Waals surface area (Å²) >= 11 is 0. The molecule has 0 bridgehead atoms. The van der Waals surface area contributed by atoms with Crippen molar-refractivity contribution in [3.63, 3.8) is 0 Å². The van der Waals surface area contributed by atoms with Gasteiger partial charge in [0.2, 0.25) is 5.91 Å². The first-order chi connectivity index (χ1) is 12.9. The van der Waals surface area contributed by atoms with Crippen LogP contribution in [0.3, 0.4) is 0 Å². The largest absolute Gasteiger partial charge is 0.376 e. The van der Waals surface area contributed by atoms with E-state index in [4.69, 9.17) is 0 Å². The second-order valence-electron chi connectivity index (χ2n) is 7.25. The highest BCUT2D eigenvalue weighted by Crippen LogP contribution is 2.25. The molecule has 1 fully saturated rings. The molecule has 3 amide bonds. The highest BCUT2D eigenvalue weighted by molar-refractivity contribution is 5.87. The normalized spacial score (nSPS) is 14.3. The minimum absolute atomic E-state index is 0.0399. The number of hydrazine groups is 1. The van der Waals surface area contributed by atoms with E-state index in [1.807, 2.05) is 32.0 Å². The number of rotatable bonds is 7. The Morgan fingerprint density at radius 2 is 1.59 bits per heavy atom. The third-order valence-electron chi connectivity index (χ3n) is 4.81. The van der Waals surface area contributed by atoms with Crippen LogP contribution in [0.15, 0.2) is 18.2 Å². The third kappa shape index (κ3) is 7.68. The van der Waals surface area contributed by atoms with E-state index in [-0.39, 0.29) is 24.9 Å². The first-order valence-corrected chi connectivity index (χ1v) is 9.59. The third-order valence-corrected chi connectivity index (χ3v) is 4.81. The summed E-state index contributed by atoms with van der Waals surface area (Å²) in [5, 5.41) is 5.63. The van der Waals surface area contributed by atoms with Crippen LogP contribution in [0, 0.1) is 19.8 Å². The Morgan fingerprint density at radius 1 is 0.926 bits per heavy atom. The number of amides is 3. The van der Waals surface area contributed by atoms with Gasteiger partial charge in [-0.05, 0) is 44.2 Å². The van der Waals surface area contributed by atoms with Crippen LogP contribution in [0.25, 0.3) is 0 Å². The first kappa shape index (κ1) is 20.7. The van der Waals surface area contributed by atoms with Crippen LogP contribution in [-0.2, 0) is 14.4 Å². The molecule has 148 valence electrons. The summed E-state index contributed by atoms with van der Waals surface area (Å²) in [4.78, 5) is 35.5. The average molecular weight is 374 g/mol. The predicted octanol–water partition coefficient (Wildman–Crippen LogP) is 1.95. The summed E-state index contributed by atoms with van der Waals surface area (Å²) < 4.78 is 0. The summed E-state index contributed by atoms with van der Waals surface area (Å²) in [5.41, 5.74) is 7.72. The van der Waals surface area contributed by atoms with E-state index in [1.165, 1.54) is 19.3 Å². The lowest BCUT2D eigenvalue weighted by Gasteiger charge is -2.20. The van der Waals surface area contributed by atoms with Crippen LogP contribution in [-0.4, -0.2) is 30.8 Å². The zero-order valence-corrected chi connectivity index (χ0v) is 16.2. The van der Waals surface area contributed by atoms with Crippen LogP contribution in [0.2, 0.25) is 0 Å². The Morgan fingerprint density at radius 3 is 2.26 bits per heavy atom. The van der Waals surface area contributed by atoms with E-state index < -0.39 is 5.91 Å². The number of anilines is 1. The van der Waals surface area contributed by atoms with E-state index in [0.29, 0.717) is 12.3 Å². The number of benzene rings is 1. The topological polar surface area (TPSA) is 99.3 Å². The number of hydrogen-bond donors (Lipinski definition) is 4. The molecule has 0 spiro atoms. The molecule has 0 atom stereocenters. The lowest BCUT2D eigenvalue weighted by Crippen LogP contribution is -2.48. The first-order valence-electron chi connectivity index (χ1n) is 9.59. The van der Waals surface area contributed by atoms with Gasteiger partial charge in [-0.15, -0.1) is 0 Å². The van der Waals surface area contributed by atoms with E-state index in [0.717, 1.165) is 29.7 Å². The molecule has 4 N–H and O–H groups in total. The zero-order chi connectivity index (χ0) is 19.6. The summed E-state index contributed by atoms with van der Waals surface area (Å²) in [5.74, 6) is -0.499. The van der Waals surface area contributed by atoms with E-state index >= 15 is 0 Å². The molecule has 0 radical (unpaired) electrons. The highest BCUT2D eigenvalue weighted by atomic mass is 16.2. The standard InChI is InChI=1S/C20H30N4O3/c1-14-8-9-17(15(2)10-14)21-12-19(26)23-24-20(27)13-22-18(25)11-16-6-4-3-5-7-16/h8-10,16,21H,3-7,11-13H2,1-2H3,(H,22,25)(H,23,26)(H,24,27). The van der Waals surface area contributed by atoms with Crippen molar-refractivity contribution in [1.82, 2.24) is 16.2 Å². The van der Waals surface area contributed by atoms with E-state index in [2.05, 4.69) is 21.5 Å². The summed E-state index contributed by atoms with van der Waals surface area (Å²) in [6, 6.07) is 5.90. The SMILES string of the molecule is Cc1ccc(NCC(=O)NNC(=O)CNC(=O)CC2CCCCC2)c(C)c1. The number of nitrogens with one attached hydrogen (secondary N) is 4. The Bertz CT molecular complexity index is 669.